The van der Waals surface area contributed by atoms with Gasteiger partial charge >= 0.3 is 12.2 Å². The number of nitrogens with zero attached hydrogens (tertiary/aromatic N) is 4. The SMILES string of the molecule is C#C[C@@]1(CCOC(N)=O)O[C@@H](n2cnc3c(N)nc(F)nc32)C[C@@H]1O. The summed E-state index contributed by atoms with van der Waals surface area (Å²) in [6, 6.07) is 0. The van der Waals surface area contributed by atoms with Crippen LogP contribution in [0.2, 0.25) is 0 Å². The molecule has 3 rings (SSSR count). The van der Waals surface area contributed by atoms with Crippen LogP contribution in [0.15, 0.2) is 6.33 Å². The lowest BCUT2D eigenvalue weighted by Crippen LogP contribution is -2.39. The number of imidazole rings is 1. The van der Waals surface area contributed by atoms with Crippen molar-refractivity contribution in [1.82, 2.24) is 19.5 Å². The number of aliphatic hydroxyl groups is 1. The number of aliphatic hydroxyl groups excluding tert-OH is 1. The molecule has 0 radical (unpaired) electrons. The van der Waals surface area contributed by atoms with Crippen LogP contribution in [-0.2, 0) is 9.47 Å². The molecule has 0 spiro atoms. The predicted molar refractivity (Wildman–Crippen MR) is 82.2 cm³/mol. The molecule has 10 nitrogen and oxygen atoms in total. The average Bonchev–Trinajstić information content (AvgIpc) is 3.09. The van der Waals surface area contributed by atoms with Crippen LogP contribution in [0.25, 0.3) is 11.2 Å². The topological polar surface area (TPSA) is 151 Å². The van der Waals surface area contributed by atoms with E-state index in [0.29, 0.717) is 0 Å². The van der Waals surface area contributed by atoms with Crippen molar-refractivity contribution in [1.29, 1.82) is 0 Å². The highest BCUT2D eigenvalue weighted by Crippen LogP contribution is 2.39. The molecular weight excluding hydrogens is 335 g/mol. The van der Waals surface area contributed by atoms with Crippen LogP contribution in [0.5, 0.6) is 0 Å². The van der Waals surface area contributed by atoms with Gasteiger partial charge in [-0.1, -0.05) is 5.92 Å². The molecule has 11 heteroatoms. The fraction of sp³-hybridized carbons (Fsp3) is 0.429. The Hall–Kier alpha value is -2.97. The summed E-state index contributed by atoms with van der Waals surface area (Å²) in [7, 11) is 0. The molecule has 2 aromatic rings. The first-order valence-corrected chi connectivity index (χ1v) is 7.27. The fourth-order valence-electron chi connectivity index (χ4n) is 2.77. The number of terminal acetylenes is 1. The number of rotatable bonds is 4. The number of anilines is 1. The van der Waals surface area contributed by atoms with Crippen LogP contribution in [0, 0.1) is 18.4 Å². The van der Waals surface area contributed by atoms with E-state index in [4.69, 9.17) is 22.6 Å². The molecule has 0 aliphatic carbocycles. The van der Waals surface area contributed by atoms with Gasteiger partial charge in [-0.15, -0.1) is 6.42 Å². The standard InChI is InChI=1S/C14H15FN6O4/c1-2-14(3-4-24-13(17)23)7(22)5-8(25-14)21-6-18-9-10(16)19-12(15)20-11(9)21/h1,6-8,22H,3-5H2,(H2,17,23)(H2,16,19,20)/t7-,8+,14-/m0/s1. The van der Waals surface area contributed by atoms with Crippen LogP contribution in [-0.4, -0.2) is 49.0 Å². The van der Waals surface area contributed by atoms with Gasteiger partial charge in [0.05, 0.1) is 19.0 Å². The van der Waals surface area contributed by atoms with Gasteiger partial charge in [0.25, 0.3) is 0 Å². The number of halogens is 1. The van der Waals surface area contributed by atoms with Crippen LogP contribution in [0.3, 0.4) is 0 Å². The number of aromatic nitrogens is 4. The van der Waals surface area contributed by atoms with Crippen molar-refractivity contribution in [3.05, 3.63) is 12.4 Å². The van der Waals surface area contributed by atoms with Crippen molar-refractivity contribution in [2.75, 3.05) is 12.3 Å². The highest BCUT2D eigenvalue weighted by atomic mass is 19.1. The van der Waals surface area contributed by atoms with E-state index in [-0.39, 0.29) is 36.4 Å². The Labute approximate surface area is 140 Å². The maximum atomic E-state index is 13.5. The number of nitrogen functional groups attached to an aromatic ring is 1. The maximum Gasteiger partial charge on any atom is 0.404 e. The number of carbonyl (C=O) groups excluding carboxylic acids is 1. The van der Waals surface area contributed by atoms with Crippen LogP contribution >= 0.6 is 0 Å². The normalized spacial score (nSPS) is 25.8. The average molecular weight is 350 g/mol. The third-order valence-corrected chi connectivity index (χ3v) is 4.00. The van der Waals surface area contributed by atoms with Gasteiger partial charge in [0.1, 0.15) is 6.23 Å². The van der Waals surface area contributed by atoms with E-state index in [1.165, 1.54) is 10.9 Å². The molecule has 132 valence electrons. The smallest absolute Gasteiger partial charge is 0.404 e. The van der Waals surface area contributed by atoms with E-state index in [2.05, 4.69) is 25.6 Å². The number of carbonyl (C=O) groups is 1. The second-order valence-corrected chi connectivity index (χ2v) is 5.48. The Morgan fingerprint density at radius 3 is 3.08 bits per heavy atom. The van der Waals surface area contributed by atoms with E-state index >= 15 is 0 Å². The van der Waals surface area contributed by atoms with Crippen LogP contribution < -0.4 is 11.5 Å². The predicted octanol–water partition coefficient (Wildman–Crippen LogP) is -0.315. The number of primary amides is 1. The molecule has 3 heterocycles. The maximum absolute atomic E-state index is 13.5. The summed E-state index contributed by atoms with van der Waals surface area (Å²) in [5, 5.41) is 10.4. The van der Waals surface area contributed by atoms with Crippen molar-refractivity contribution >= 4 is 23.1 Å². The van der Waals surface area contributed by atoms with Gasteiger partial charge in [0, 0.05) is 12.8 Å². The first-order valence-electron chi connectivity index (χ1n) is 7.27. The van der Waals surface area contributed by atoms with Gasteiger partial charge in [-0.25, -0.2) is 9.78 Å². The van der Waals surface area contributed by atoms with Crippen molar-refractivity contribution in [2.24, 2.45) is 5.73 Å². The van der Waals surface area contributed by atoms with Crippen molar-refractivity contribution < 1.29 is 23.8 Å². The van der Waals surface area contributed by atoms with Crippen LogP contribution in [0.4, 0.5) is 15.0 Å². The Morgan fingerprint density at radius 1 is 1.64 bits per heavy atom. The monoisotopic (exact) mass is 350 g/mol. The van der Waals surface area contributed by atoms with Crippen molar-refractivity contribution in [2.45, 2.75) is 30.8 Å². The molecule has 25 heavy (non-hydrogen) atoms. The highest BCUT2D eigenvalue weighted by molar-refractivity contribution is 5.81. The third kappa shape index (κ3) is 2.92. The van der Waals surface area contributed by atoms with Gasteiger partial charge < -0.3 is 26.0 Å². The Bertz CT molecular complexity index is 865. The fourth-order valence-corrected chi connectivity index (χ4v) is 2.77. The minimum absolute atomic E-state index is 0.0300. The zero-order chi connectivity index (χ0) is 18.2. The quantitative estimate of drug-likeness (QED) is 0.501. The molecule has 0 saturated carbocycles. The van der Waals surface area contributed by atoms with Gasteiger partial charge in [-0.2, -0.15) is 14.4 Å². The Kier molecular flexibility index (Phi) is 4.15. The Morgan fingerprint density at radius 2 is 2.40 bits per heavy atom. The molecule has 5 N–H and O–H groups in total. The number of amides is 1. The highest BCUT2D eigenvalue weighted by Gasteiger charge is 2.48. The summed E-state index contributed by atoms with van der Waals surface area (Å²) < 4.78 is 25.3. The van der Waals surface area contributed by atoms with E-state index in [0.717, 1.165) is 0 Å². The second-order valence-electron chi connectivity index (χ2n) is 5.48. The minimum atomic E-state index is -1.40. The zero-order valence-corrected chi connectivity index (χ0v) is 12.9. The molecule has 1 aliphatic heterocycles. The van der Waals surface area contributed by atoms with Crippen LogP contribution in [0.1, 0.15) is 19.1 Å². The van der Waals surface area contributed by atoms with Crippen molar-refractivity contribution in [3.63, 3.8) is 0 Å². The third-order valence-electron chi connectivity index (χ3n) is 4.00. The Balaban J connectivity index is 1.88. The molecule has 1 aliphatic rings. The van der Waals surface area contributed by atoms with Crippen molar-refractivity contribution in [3.8, 4) is 12.3 Å². The summed E-state index contributed by atoms with van der Waals surface area (Å²) in [5.41, 5.74) is 9.44. The molecule has 0 bridgehead atoms. The molecule has 1 saturated heterocycles. The van der Waals surface area contributed by atoms with Gasteiger partial charge in [0.2, 0.25) is 0 Å². The van der Waals surface area contributed by atoms with Gasteiger partial charge in [0.15, 0.2) is 22.6 Å². The summed E-state index contributed by atoms with van der Waals surface area (Å²) in [4.78, 5) is 21.8. The molecule has 0 aromatic carbocycles. The van der Waals surface area contributed by atoms with E-state index in [1.54, 1.807) is 0 Å². The molecule has 0 unspecified atom stereocenters. The molecule has 1 amide bonds. The lowest BCUT2D eigenvalue weighted by atomic mass is 9.94. The van der Waals surface area contributed by atoms with E-state index in [1.807, 2.05) is 0 Å². The van der Waals surface area contributed by atoms with E-state index < -0.39 is 30.1 Å². The summed E-state index contributed by atoms with van der Waals surface area (Å²) in [6.45, 7) is -0.127. The zero-order valence-electron chi connectivity index (χ0n) is 12.9. The number of nitrogens with two attached hydrogens (primary N) is 2. The first kappa shape index (κ1) is 16.9. The minimum Gasteiger partial charge on any atom is -0.450 e. The number of hydrogen-bond acceptors (Lipinski definition) is 8. The lowest BCUT2D eigenvalue weighted by Gasteiger charge is -2.26. The number of ether oxygens (including phenoxy) is 2. The summed E-state index contributed by atoms with van der Waals surface area (Å²) in [6.07, 6.45) is 3.20. The summed E-state index contributed by atoms with van der Waals surface area (Å²) >= 11 is 0. The number of hydrogen-bond donors (Lipinski definition) is 3. The lowest BCUT2D eigenvalue weighted by molar-refractivity contribution is -0.0740. The van der Waals surface area contributed by atoms with Gasteiger partial charge in [-0.3, -0.25) is 4.57 Å². The molecule has 2 aromatic heterocycles. The van der Waals surface area contributed by atoms with E-state index in [9.17, 15) is 14.3 Å². The molecular formula is C14H15FN6O4. The largest absolute Gasteiger partial charge is 0.450 e. The second kappa shape index (κ2) is 6.15. The summed E-state index contributed by atoms with van der Waals surface area (Å²) in [5.74, 6) is 2.28. The first-order chi connectivity index (χ1) is 11.9. The molecule has 1 fully saturated rings. The number of fused-ring (bicyclic) bond motifs is 1. The molecule has 3 atom stereocenters. The van der Waals surface area contributed by atoms with Gasteiger partial charge in [-0.05, 0) is 0 Å².